The van der Waals surface area contributed by atoms with E-state index in [-0.39, 0.29) is 24.7 Å². The van der Waals surface area contributed by atoms with Crippen LogP contribution in [0.2, 0.25) is 10.0 Å². The van der Waals surface area contributed by atoms with Crippen LogP contribution in [0.1, 0.15) is 66.5 Å². The lowest BCUT2D eigenvalue weighted by molar-refractivity contribution is -0.145. The highest BCUT2D eigenvalue weighted by Gasteiger charge is 2.52. The zero-order valence-electron chi connectivity index (χ0n) is 30.5. The van der Waals surface area contributed by atoms with E-state index in [1.54, 1.807) is 24.4 Å². The lowest BCUT2D eigenvalue weighted by Gasteiger charge is -2.57. The first-order valence-electron chi connectivity index (χ1n) is 18.4. The lowest BCUT2D eigenvalue weighted by atomic mass is 9.62. The molecule has 1 aromatic heterocycles. The highest BCUT2D eigenvalue weighted by molar-refractivity contribution is 6.35. The molecule has 1 saturated heterocycles. The van der Waals surface area contributed by atoms with Crippen LogP contribution >= 0.6 is 23.2 Å². The fraction of sp³-hybridized carbons (Fsp3) is 0.405. The molecule has 1 spiro atoms. The molecular weight excluding hydrogens is 746 g/mol. The van der Waals surface area contributed by atoms with Crippen LogP contribution in [-0.4, -0.2) is 70.6 Å². The van der Waals surface area contributed by atoms with Crippen LogP contribution < -0.4 is 19.5 Å². The number of pyridine rings is 1. The van der Waals surface area contributed by atoms with E-state index in [0.29, 0.717) is 69.9 Å². The molecule has 3 aliphatic rings. The molecular formula is C42H43Cl2FN4O6. The predicted octanol–water partition coefficient (Wildman–Crippen LogP) is 7.70. The van der Waals surface area contributed by atoms with Crippen LogP contribution in [0.5, 0.6) is 17.2 Å². The first-order chi connectivity index (χ1) is 26.5. The van der Waals surface area contributed by atoms with Gasteiger partial charge in [-0.05, 0) is 73.9 Å². The molecule has 1 unspecified atom stereocenters. The summed E-state index contributed by atoms with van der Waals surface area (Å²) in [7, 11) is 0. The summed E-state index contributed by atoms with van der Waals surface area (Å²) in [6, 6.07) is 19.0. The number of hydrogen-bond acceptors (Lipinski definition) is 9. The monoisotopic (exact) mass is 788 g/mol. The van der Waals surface area contributed by atoms with E-state index in [1.165, 1.54) is 13.1 Å². The van der Waals surface area contributed by atoms with Gasteiger partial charge in [0.2, 0.25) is 0 Å². The predicted molar refractivity (Wildman–Crippen MR) is 206 cm³/mol. The zero-order valence-corrected chi connectivity index (χ0v) is 32.0. The number of likely N-dealkylation sites (tertiary alicyclic amines) is 1. The van der Waals surface area contributed by atoms with Crippen molar-refractivity contribution >= 4 is 29.2 Å². The number of aliphatic carboxylic acids is 1. The Balaban J connectivity index is 1.06. The van der Waals surface area contributed by atoms with E-state index in [9.17, 15) is 24.7 Å². The summed E-state index contributed by atoms with van der Waals surface area (Å²) < 4.78 is 32.3. The van der Waals surface area contributed by atoms with Crippen LogP contribution in [0.15, 0.2) is 67.0 Å². The molecule has 2 fully saturated rings. The number of nitrogens with zero attached hydrogens (tertiary/aromatic N) is 3. The van der Waals surface area contributed by atoms with Gasteiger partial charge in [0.25, 0.3) is 0 Å². The molecule has 0 radical (unpaired) electrons. The van der Waals surface area contributed by atoms with Crippen molar-refractivity contribution in [3.05, 3.63) is 105 Å². The normalized spacial score (nSPS) is 18.4. The average molecular weight is 790 g/mol. The largest absolute Gasteiger partial charge is 0.492 e. The molecule has 55 heavy (non-hydrogen) atoms. The summed E-state index contributed by atoms with van der Waals surface area (Å²) in [4.78, 5) is 18.3. The van der Waals surface area contributed by atoms with Crippen molar-refractivity contribution in [3.8, 4) is 34.4 Å². The Morgan fingerprint density at radius 3 is 2.62 bits per heavy atom. The van der Waals surface area contributed by atoms with Crippen LogP contribution in [0, 0.1) is 16.7 Å². The van der Waals surface area contributed by atoms with E-state index >= 15 is 0 Å². The molecule has 10 nitrogen and oxygen atoms in total. The molecule has 3 aromatic carbocycles. The Bertz CT molecular complexity index is 2100. The molecule has 0 bridgehead atoms. The number of benzene rings is 3. The summed E-state index contributed by atoms with van der Waals surface area (Å²) in [5.74, 6) is 0.199. The van der Waals surface area contributed by atoms with Crippen molar-refractivity contribution in [1.29, 1.82) is 5.26 Å². The first kappa shape index (κ1) is 38.8. The Hall–Kier alpha value is -4.44. The van der Waals surface area contributed by atoms with Crippen molar-refractivity contribution in [2.75, 3.05) is 32.8 Å². The SMILES string of the molecule is CC(CO)(NCc1cc(Cl)c(O[C@H]2CCc3c(-c4cccc(OCCCN5CC6(CC(F)C6)C5)c4Cl)cccc32)cc1OCc1cncc(C#N)c1)C(=O)O. The smallest absolute Gasteiger partial charge is 0.326 e. The summed E-state index contributed by atoms with van der Waals surface area (Å²) >= 11 is 13.8. The van der Waals surface area contributed by atoms with Gasteiger partial charge < -0.3 is 29.3 Å². The van der Waals surface area contributed by atoms with Gasteiger partial charge >= 0.3 is 5.97 Å². The number of alkyl halides is 1. The Morgan fingerprint density at radius 1 is 1.09 bits per heavy atom. The minimum Gasteiger partial charge on any atom is -0.492 e. The Morgan fingerprint density at radius 2 is 1.87 bits per heavy atom. The van der Waals surface area contributed by atoms with Gasteiger partial charge in [-0.25, -0.2) is 4.39 Å². The van der Waals surface area contributed by atoms with Crippen molar-refractivity contribution < 1.29 is 33.6 Å². The number of nitriles is 1. The van der Waals surface area contributed by atoms with E-state index in [4.69, 9.17) is 37.4 Å². The average Bonchev–Trinajstić information content (AvgIpc) is 3.57. The third-order valence-electron chi connectivity index (χ3n) is 10.9. The quantitative estimate of drug-likeness (QED) is 0.0969. The molecule has 3 N–H and O–H groups in total. The van der Waals surface area contributed by atoms with Gasteiger partial charge in [-0.1, -0.05) is 53.5 Å². The van der Waals surface area contributed by atoms with Gasteiger partial charge in [0.1, 0.15) is 47.7 Å². The number of carboxylic acids is 1. The van der Waals surface area contributed by atoms with Crippen LogP contribution in [0.3, 0.4) is 0 Å². The van der Waals surface area contributed by atoms with Gasteiger partial charge in [-0.3, -0.25) is 15.1 Å². The highest BCUT2D eigenvalue weighted by Crippen LogP contribution is 2.50. The van der Waals surface area contributed by atoms with E-state index < -0.39 is 24.3 Å². The molecule has 4 aromatic rings. The molecule has 1 saturated carbocycles. The molecule has 288 valence electrons. The van der Waals surface area contributed by atoms with Gasteiger partial charge in [-0.2, -0.15) is 5.26 Å². The number of fused-ring (bicyclic) bond motifs is 1. The molecule has 1 aliphatic heterocycles. The summed E-state index contributed by atoms with van der Waals surface area (Å²) in [6.07, 6.45) is 5.84. The second kappa shape index (κ2) is 16.3. The zero-order chi connectivity index (χ0) is 38.7. The number of rotatable bonds is 16. The van der Waals surface area contributed by atoms with Crippen molar-refractivity contribution in [3.63, 3.8) is 0 Å². The van der Waals surface area contributed by atoms with Gasteiger partial charge in [0, 0.05) is 66.7 Å². The molecule has 2 heterocycles. The number of aliphatic hydroxyl groups is 1. The maximum Gasteiger partial charge on any atom is 0.326 e. The number of hydrogen-bond donors (Lipinski definition) is 3. The number of aromatic nitrogens is 1. The first-order valence-corrected chi connectivity index (χ1v) is 19.2. The number of aliphatic hydroxyl groups excluding tert-OH is 1. The van der Waals surface area contributed by atoms with Crippen molar-refractivity contribution in [1.82, 2.24) is 15.2 Å². The summed E-state index contributed by atoms with van der Waals surface area (Å²) in [5.41, 5.74) is 4.26. The Labute approximate surface area is 329 Å². The fourth-order valence-electron chi connectivity index (χ4n) is 7.86. The lowest BCUT2D eigenvalue weighted by Crippen LogP contribution is -2.62. The van der Waals surface area contributed by atoms with Crippen LogP contribution in [-0.2, 0) is 24.4 Å². The molecule has 0 amide bonds. The fourth-order valence-corrected chi connectivity index (χ4v) is 8.37. The van der Waals surface area contributed by atoms with E-state index in [1.807, 2.05) is 30.3 Å². The molecule has 7 rings (SSSR count). The van der Waals surface area contributed by atoms with Gasteiger partial charge in [0.15, 0.2) is 0 Å². The summed E-state index contributed by atoms with van der Waals surface area (Å²) in [5, 5.41) is 32.5. The van der Waals surface area contributed by atoms with Crippen molar-refractivity contribution in [2.45, 2.75) is 70.0 Å². The minimum absolute atomic E-state index is 0.0232. The standard InChI is InChI=1S/C42H43Cl2FN4O6/c1-41(25-50,40(51)52)48-21-28-14-34(43)38(15-37(28)54-22-27-13-26(18-46)19-47-20-27)55-35-10-9-31-30(5-2-6-32(31)35)33-7-3-8-36(39(33)44)53-12-4-11-49-23-42(24-49)16-29(45)17-42/h2-3,5-8,13-15,19-20,29,35,48,50H,4,9-12,16-17,21-25H2,1H3,(H,51,52)/t35-,41?/m0/s1. The molecule has 13 heteroatoms. The second-order valence-electron chi connectivity index (χ2n) is 15.1. The topological polar surface area (TPSA) is 137 Å². The highest BCUT2D eigenvalue weighted by atomic mass is 35.5. The van der Waals surface area contributed by atoms with E-state index in [0.717, 1.165) is 54.7 Å². The van der Waals surface area contributed by atoms with Gasteiger partial charge in [-0.15, -0.1) is 0 Å². The van der Waals surface area contributed by atoms with Gasteiger partial charge in [0.05, 0.1) is 28.8 Å². The third kappa shape index (κ3) is 8.39. The van der Waals surface area contributed by atoms with Crippen molar-refractivity contribution in [2.24, 2.45) is 5.41 Å². The minimum atomic E-state index is -1.60. The number of carboxylic acid groups (broad SMARTS) is 1. The summed E-state index contributed by atoms with van der Waals surface area (Å²) in [6.45, 7) is 4.27. The van der Waals surface area contributed by atoms with Crippen LogP contribution in [0.25, 0.3) is 11.1 Å². The number of halogens is 3. The molecule has 2 atom stereocenters. The maximum absolute atomic E-state index is 13.3. The second-order valence-corrected chi connectivity index (χ2v) is 15.9. The van der Waals surface area contributed by atoms with E-state index in [2.05, 4.69) is 27.3 Å². The number of carbonyl (C=O) groups is 1. The van der Waals surface area contributed by atoms with Crippen LogP contribution in [0.4, 0.5) is 4.39 Å². The third-order valence-corrected chi connectivity index (χ3v) is 11.6. The maximum atomic E-state index is 13.3. The molecule has 2 aliphatic carbocycles. The Kier molecular flexibility index (Phi) is 11.5. The number of nitrogens with one attached hydrogen (secondary N) is 1. The number of ether oxygens (including phenoxy) is 3.